The van der Waals surface area contributed by atoms with E-state index in [4.69, 9.17) is 0 Å². The van der Waals surface area contributed by atoms with Crippen LogP contribution in [0.25, 0.3) is 10.9 Å². The molecular formula is C17H21N5O2. The number of likely N-dealkylation sites (tertiary alicyclic amines) is 1. The van der Waals surface area contributed by atoms with Crippen LogP contribution in [0.4, 0.5) is 10.5 Å². The minimum atomic E-state index is -0.312. The fraction of sp³-hybridized carbons (Fsp3) is 0.412. The summed E-state index contributed by atoms with van der Waals surface area (Å²) >= 11 is 0. The van der Waals surface area contributed by atoms with Crippen molar-refractivity contribution in [2.75, 3.05) is 18.4 Å². The third-order valence-corrected chi connectivity index (χ3v) is 4.04. The predicted molar refractivity (Wildman–Crippen MR) is 91.7 cm³/mol. The Labute approximate surface area is 140 Å². The van der Waals surface area contributed by atoms with Crippen molar-refractivity contribution in [2.24, 2.45) is 0 Å². The number of aromatic nitrogens is 2. The fourth-order valence-electron chi connectivity index (χ4n) is 2.97. The summed E-state index contributed by atoms with van der Waals surface area (Å²) < 4.78 is 0. The first-order valence-corrected chi connectivity index (χ1v) is 8.15. The molecule has 3 amide bonds. The van der Waals surface area contributed by atoms with Gasteiger partial charge >= 0.3 is 6.03 Å². The van der Waals surface area contributed by atoms with Gasteiger partial charge in [-0.25, -0.2) is 4.79 Å². The van der Waals surface area contributed by atoms with Gasteiger partial charge in [0.05, 0.1) is 22.9 Å². The van der Waals surface area contributed by atoms with Crippen LogP contribution in [-0.2, 0) is 4.79 Å². The summed E-state index contributed by atoms with van der Waals surface area (Å²) in [6.45, 7) is 5.20. The first-order chi connectivity index (χ1) is 11.6. The van der Waals surface area contributed by atoms with E-state index in [0.29, 0.717) is 18.7 Å². The van der Waals surface area contributed by atoms with Crippen molar-refractivity contribution in [3.8, 4) is 0 Å². The number of hydrogen-bond donors (Lipinski definition) is 2. The smallest absolute Gasteiger partial charge is 0.319 e. The summed E-state index contributed by atoms with van der Waals surface area (Å²) in [7, 11) is 0. The quantitative estimate of drug-likeness (QED) is 0.900. The van der Waals surface area contributed by atoms with Gasteiger partial charge in [-0.2, -0.15) is 10.2 Å². The summed E-state index contributed by atoms with van der Waals surface area (Å²) in [6.07, 6.45) is 1.27. The molecule has 3 rings (SSSR count). The first-order valence-electron chi connectivity index (χ1n) is 8.15. The molecule has 24 heavy (non-hydrogen) atoms. The second kappa shape index (κ2) is 6.82. The number of nitrogens with zero attached hydrogens (tertiary/aromatic N) is 3. The zero-order chi connectivity index (χ0) is 17.1. The second-order valence-electron chi connectivity index (χ2n) is 6.06. The Morgan fingerprint density at radius 1 is 1.38 bits per heavy atom. The lowest BCUT2D eigenvalue weighted by Gasteiger charge is -2.16. The highest BCUT2D eigenvalue weighted by Gasteiger charge is 2.29. The van der Waals surface area contributed by atoms with E-state index in [2.05, 4.69) is 20.8 Å². The largest absolute Gasteiger partial charge is 0.341 e. The van der Waals surface area contributed by atoms with E-state index >= 15 is 0 Å². The lowest BCUT2D eigenvalue weighted by atomic mass is 10.2. The van der Waals surface area contributed by atoms with Crippen molar-refractivity contribution in [3.63, 3.8) is 0 Å². The zero-order valence-corrected chi connectivity index (χ0v) is 13.9. The molecule has 0 radical (unpaired) electrons. The van der Waals surface area contributed by atoms with E-state index in [1.54, 1.807) is 4.90 Å². The van der Waals surface area contributed by atoms with Gasteiger partial charge < -0.3 is 15.5 Å². The Morgan fingerprint density at radius 3 is 3.00 bits per heavy atom. The summed E-state index contributed by atoms with van der Waals surface area (Å²) in [6, 6.07) is 6.92. The molecule has 1 atom stereocenters. The van der Waals surface area contributed by atoms with Gasteiger partial charge in [-0.05, 0) is 31.5 Å². The number of urea groups is 1. The summed E-state index contributed by atoms with van der Waals surface area (Å²) in [5.41, 5.74) is 2.19. The van der Waals surface area contributed by atoms with E-state index in [-0.39, 0.29) is 18.0 Å². The minimum absolute atomic E-state index is 0.0956. The number of hydrogen-bond acceptors (Lipinski definition) is 4. The molecule has 2 N–H and O–H groups in total. The van der Waals surface area contributed by atoms with Gasteiger partial charge in [0.1, 0.15) is 0 Å². The third kappa shape index (κ3) is 3.45. The summed E-state index contributed by atoms with van der Waals surface area (Å²) in [5.74, 6) is 0.0956. The van der Waals surface area contributed by atoms with Crippen LogP contribution in [0, 0.1) is 6.92 Å². The van der Waals surface area contributed by atoms with E-state index in [0.717, 1.165) is 29.6 Å². The highest BCUT2D eigenvalue weighted by atomic mass is 16.2. The van der Waals surface area contributed by atoms with Crippen molar-refractivity contribution < 1.29 is 9.59 Å². The molecule has 1 aromatic carbocycles. The van der Waals surface area contributed by atoms with Crippen LogP contribution in [0.5, 0.6) is 0 Å². The predicted octanol–water partition coefficient (Wildman–Crippen LogP) is 2.07. The average molecular weight is 327 g/mol. The number of nitrogens with one attached hydrogen (secondary N) is 2. The summed E-state index contributed by atoms with van der Waals surface area (Å²) in [4.78, 5) is 25.9. The number of fused-ring (bicyclic) bond motifs is 1. The van der Waals surface area contributed by atoms with E-state index < -0.39 is 0 Å². The monoisotopic (exact) mass is 327 g/mol. The number of carbonyl (C=O) groups is 2. The lowest BCUT2D eigenvalue weighted by Crippen LogP contribution is -2.39. The molecule has 0 bridgehead atoms. The van der Waals surface area contributed by atoms with E-state index in [1.165, 1.54) is 0 Å². The maximum Gasteiger partial charge on any atom is 0.319 e. The topological polar surface area (TPSA) is 87.2 Å². The van der Waals surface area contributed by atoms with Crippen molar-refractivity contribution >= 4 is 28.5 Å². The normalized spacial score (nSPS) is 17.3. The van der Waals surface area contributed by atoms with Crippen LogP contribution in [0.2, 0.25) is 0 Å². The van der Waals surface area contributed by atoms with Crippen LogP contribution in [0.15, 0.2) is 24.3 Å². The Hall–Kier alpha value is -2.70. The molecule has 0 unspecified atom stereocenters. The average Bonchev–Trinajstić information content (AvgIpc) is 2.88. The number of anilines is 1. The van der Waals surface area contributed by atoms with Gasteiger partial charge in [-0.15, -0.1) is 0 Å². The molecule has 2 aromatic rings. The van der Waals surface area contributed by atoms with E-state index in [9.17, 15) is 9.59 Å². The van der Waals surface area contributed by atoms with Gasteiger partial charge in [-0.1, -0.05) is 13.0 Å². The highest BCUT2D eigenvalue weighted by Crippen LogP contribution is 2.22. The molecule has 0 saturated carbocycles. The fourth-order valence-corrected chi connectivity index (χ4v) is 2.97. The van der Waals surface area contributed by atoms with Gasteiger partial charge in [0.25, 0.3) is 0 Å². The maximum atomic E-state index is 12.3. The molecule has 126 valence electrons. The SMILES string of the molecule is CCCN1C[C@H](NC(=O)Nc2cccc3nnc(C)cc23)CC1=O. The third-order valence-electron chi connectivity index (χ3n) is 4.04. The molecule has 0 spiro atoms. The first kappa shape index (κ1) is 16.2. The number of amides is 3. The summed E-state index contributed by atoms with van der Waals surface area (Å²) in [5, 5.41) is 14.7. The van der Waals surface area contributed by atoms with Gasteiger partial charge in [0, 0.05) is 24.9 Å². The Bertz CT molecular complexity index is 777. The minimum Gasteiger partial charge on any atom is -0.341 e. The molecule has 7 nitrogen and oxygen atoms in total. The molecule has 1 fully saturated rings. The van der Waals surface area contributed by atoms with Gasteiger partial charge in [0.2, 0.25) is 5.91 Å². The number of benzene rings is 1. The molecule has 1 aliphatic heterocycles. The van der Waals surface area contributed by atoms with Crippen molar-refractivity contribution in [1.29, 1.82) is 0 Å². The molecule has 0 aliphatic carbocycles. The Kier molecular flexibility index (Phi) is 4.59. The molecule has 1 aliphatic rings. The van der Waals surface area contributed by atoms with Gasteiger partial charge in [-0.3, -0.25) is 4.79 Å². The molecule has 1 aromatic heterocycles. The standard InChI is InChI=1S/C17H21N5O2/c1-3-7-22-10-12(9-16(22)23)18-17(24)19-14-5-4-6-15-13(14)8-11(2)20-21-15/h4-6,8,12H,3,7,9-10H2,1-2H3,(H2,18,19,24)/t12-/m1/s1. The second-order valence-corrected chi connectivity index (χ2v) is 6.06. The van der Waals surface area contributed by atoms with E-state index in [1.807, 2.05) is 38.1 Å². The van der Waals surface area contributed by atoms with Crippen LogP contribution in [0.1, 0.15) is 25.5 Å². The Morgan fingerprint density at radius 2 is 2.21 bits per heavy atom. The van der Waals surface area contributed by atoms with Crippen LogP contribution in [0.3, 0.4) is 0 Å². The molecule has 2 heterocycles. The van der Waals surface area contributed by atoms with Crippen LogP contribution >= 0.6 is 0 Å². The number of rotatable bonds is 4. The number of carbonyl (C=O) groups excluding carboxylic acids is 2. The lowest BCUT2D eigenvalue weighted by molar-refractivity contribution is -0.127. The highest BCUT2D eigenvalue weighted by molar-refractivity contribution is 6.00. The van der Waals surface area contributed by atoms with Crippen LogP contribution in [-0.4, -0.2) is 46.2 Å². The molecular weight excluding hydrogens is 306 g/mol. The zero-order valence-electron chi connectivity index (χ0n) is 13.9. The Balaban J connectivity index is 1.68. The van der Waals surface area contributed by atoms with Gasteiger partial charge in [0.15, 0.2) is 0 Å². The maximum absolute atomic E-state index is 12.3. The number of aryl methyl sites for hydroxylation is 1. The molecule has 1 saturated heterocycles. The van der Waals surface area contributed by atoms with Crippen molar-refractivity contribution in [1.82, 2.24) is 20.4 Å². The van der Waals surface area contributed by atoms with Crippen molar-refractivity contribution in [2.45, 2.75) is 32.7 Å². The van der Waals surface area contributed by atoms with Crippen molar-refractivity contribution in [3.05, 3.63) is 30.0 Å². The molecule has 7 heteroatoms. The van der Waals surface area contributed by atoms with Crippen LogP contribution < -0.4 is 10.6 Å².